The molecule has 0 saturated heterocycles. The molecule has 0 radical (unpaired) electrons. The van der Waals surface area contributed by atoms with Gasteiger partial charge in [0.25, 0.3) is 0 Å². The number of fused-ring (bicyclic) bond motifs is 1. The summed E-state index contributed by atoms with van der Waals surface area (Å²) in [6.07, 6.45) is 5.90. The number of hydrogen-bond acceptors (Lipinski definition) is 4. The summed E-state index contributed by atoms with van der Waals surface area (Å²) in [5.41, 5.74) is 3.33. The maximum Gasteiger partial charge on any atom is 0.135 e. The van der Waals surface area contributed by atoms with Gasteiger partial charge >= 0.3 is 0 Å². The number of nitrogens with one attached hydrogen (secondary N) is 1. The van der Waals surface area contributed by atoms with Crippen molar-refractivity contribution >= 4 is 11.6 Å². The van der Waals surface area contributed by atoms with E-state index in [-0.39, 0.29) is 6.10 Å². The Bertz CT molecular complexity index is 872. The maximum atomic E-state index is 6.13. The smallest absolute Gasteiger partial charge is 0.135 e. The van der Waals surface area contributed by atoms with Gasteiger partial charge in [0.15, 0.2) is 0 Å². The third-order valence-corrected chi connectivity index (χ3v) is 4.59. The van der Waals surface area contributed by atoms with E-state index >= 15 is 0 Å². The van der Waals surface area contributed by atoms with Crippen molar-refractivity contribution in [3.05, 3.63) is 59.3 Å². The number of imidazole rings is 1. The van der Waals surface area contributed by atoms with Crippen LogP contribution in [0, 0.1) is 0 Å². The molecule has 2 aromatic heterocycles. The third kappa shape index (κ3) is 3.61. The van der Waals surface area contributed by atoms with Gasteiger partial charge < -0.3 is 14.6 Å². The van der Waals surface area contributed by atoms with E-state index in [1.807, 2.05) is 48.5 Å². The number of ether oxygens (including phenoxy) is 1. The van der Waals surface area contributed by atoms with Gasteiger partial charge in [0.05, 0.1) is 30.7 Å². The topological polar surface area (TPSA) is 56.9 Å². The second kappa shape index (κ2) is 7.00. The molecule has 130 valence electrons. The Morgan fingerprint density at radius 1 is 1.36 bits per heavy atom. The monoisotopic (exact) mass is 357 g/mol. The van der Waals surface area contributed by atoms with E-state index in [1.165, 1.54) is 5.56 Å². The second-order valence-electron chi connectivity index (χ2n) is 6.27. The molecule has 0 fully saturated rings. The highest BCUT2D eigenvalue weighted by Crippen LogP contribution is 2.26. The number of halogens is 1. The summed E-state index contributed by atoms with van der Waals surface area (Å²) in [5, 5.41) is 8.35. The molecule has 25 heavy (non-hydrogen) atoms. The molecule has 1 aliphatic heterocycles. The van der Waals surface area contributed by atoms with Crippen LogP contribution < -0.4 is 5.32 Å². The molecule has 0 spiro atoms. The Balaban J connectivity index is 1.43. The zero-order valence-electron chi connectivity index (χ0n) is 14.0. The second-order valence-corrected chi connectivity index (χ2v) is 6.70. The van der Waals surface area contributed by atoms with Crippen LogP contribution in [-0.2, 0) is 31.5 Å². The van der Waals surface area contributed by atoms with Gasteiger partial charge in [0.1, 0.15) is 12.4 Å². The average molecular weight is 358 g/mol. The van der Waals surface area contributed by atoms with Crippen LogP contribution in [0.5, 0.6) is 0 Å². The number of benzene rings is 1. The van der Waals surface area contributed by atoms with Crippen molar-refractivity contribution < 1.29 is 4.74 Å². The summed E-state index contributed by atoms with van der Waals surface area (Å²) in [6, 6.07) is 7.87. The van der Waals surface area contributed by atoms with Crippen LogP contribution in [-0.4, -0.2) is 32.0 Å². The van der Waals surface area contributed by atoms with Gasteiger partial charge in [0, 0.05) is 42.5 Å². The van der Waals surface area contributed by atoms with Gasteiger partial charge in [-0.1, -0.05) is 23.7 Å². The summed E-state index contributed by atoms with van der Waals surface area (Å²) < 4.78 is 9.96. The highest BCUT2D eigenvalue weighted by molar-refractivity contribution is 6.30. The highest BCUT2D eigenvalue weighted by atomic mass is 35.5. The van der Waals surface area contributed by atoms with Crippen LogP contribution >= 0.6 is 11.6 Å². The fourth-order valence-corrected chi connectivity index (χ4v) is 3.31. The van der Waals surface area contributed by atoms with Crippen molar-refractivity contribution in [2.75, 3.05) is 6.54 Å². The molecule has 3 aromatic rings. The number of rotatable bonds is 5. The third-order valence-electron chi connectivity index (χ3n) is 4.35. The van der Waals surface area contributed by atoms with E-state index in [9.17, 15) is 0 Å². The van der Waals surface area contributed by atoms with Gasteiger partial charge in [-0.15, -0.1) is 0 Å². The molecule has 7 heteroatoms. The van der Waals surface area contributed by atoms with Crippen LogP contribution in [0.1, 0.15) is 11.4 Å². The molecule has 1 aromatic carbocycles. The molecular formula is C18H20ClN5O. The van der Waals surface area contributed by atoms with Crippen molar-refractivity contribution in [1.82, 2.24) is 24.6 Å². The lowest BCUT2D eigenvalue weighted by Crippen LogP contribution is -2.36. The van der Waals surface area contributed by atoms with Crippen molar-refractivity contribution in [2.24, 2.45) is 7.05 Å². The Hall–Kier alpha value is -2.15. The standard InChI is InChI=1S/C18H20ClN5O/c1-23-10-13(7-22-23)6-20-8-16-11-24-17(9-21-18(24)12-25-16)14-3-2-4-15(19)5-14/h2-5,7,9-10,16,20H,6,8,11-12H2,1H3/t16-/m0/s1. The predicted octanol–water partition coefficient (Wildman–Crippen LogP) is 2.63. The number of hydrogen-bond donors (Lipinski definition) is 1. The van der Waals surface area contributed by atoms with E-state index in [0.717, 1.165) is 41.7 Å². The Morgan fingerprint density at radius 2 is 2.28 bits per heavy atom. The van der Waals surface area contributed by atoms with E-state index in [2.05, 4.69) is 26.0 Å². The summed E-state index contributed by atoms with van der Waals surface area (Å²) in [5.74, 6) is 0.957. The Labute approximate surface area is 151 Å². The largest absolute Gasteiger partial charge is 0.367 e. The first kappa shape index (κ1) is 16.3. The zero-order chi connectivity index (χ0) is 17.2. The number of nitrogens with zero attached hydrogens (tertiary/aromatic N) is 4. The van der Waals surface area contributed by atoms with Crippen molar-refractivity contribution in [2.45, 2.75) is 25.8 Å². The molecule has 1 aliphatic rings. The quantitative estimate of drug-likeness (QED) is 0.762. The van der Waals surface area contributed by atoms with Gasteiger partial charge in [-0.3, -0.25) is 4.68 Å². The zero-order valence-corrected chi connectivity index (χ0v) is 14.8. The minimum atomic E-state index is 0.108. The first-order valence-corrected chi connectivity index (χ1v) is 8.67. The average Bonchev–Trinajstić information content (AvgIpc) is 3.21. The molecule has 0 aliphatic carbocycles. The van der Waals surface area contributed by atoms with Gasteiger partial charge in [-0.05, 0) is 12.1 Å². The lowest BCUT2D eigenvalue weighted by atomic mass is 10.1. The fourth-order valence-electron chi connectivity index (χ4n) is 3.12. The molecule has 0 unspecified atom stereocenters. The molecular weight excluding hydrogens is 338 g/mol. The minimum absolute atomic E-state index is 0.108. The molecule has 6 nitrogen and oxygen atoms in total. The first-order valence-electron chi connectivity index (χ1n) is 8.29. The molecule has 4 rings (SSSR count). The van der Waals surface area contributed by atoms with Crippen LogP contribution in [0.25, 0.3) is 11.3 Å². The van der Waals surface area contributed by atoms with Crippen LogP contribution in [0.15, 0.2) is 42.9 Å². The predicted molar refractivity (Wildman–Crippen MR) is 96.2 cm³/mol. The lowest BCUT2D eigenvalue weighted by molar-refractivity contribution is 0.00326. The molecule has 1 N–H and O–H groups in total. The summed E-state index contributed by atoms with van der Waals surface area (Å²) in [6.45, 7) is 2.87. The van der Waals surface area contributed by atoms with E-state index < -0.39 is 0 Å². The molecule has 0 saturated carbocycles. The van der Waals surface area contributed by atoms with E-state index in [4.69, 9.17) is 16.3 Å². The van der Waals surface area contributed by atoms with Crippen molar-refractivity contribution in [3.63, 3.8) is 0 Å². The Morgan fingerprint density at radius 3 is 3.08 bits per heavy atom. The molecule has 1 atom stereocenters. The van der Waals surface area contributed by atoms with Gasteiger partial charge in [-0.2, -0.15) is 5.10 Å². The van der Waals surface area contributed by atoms with Crippen LogP contribution in [0.3, 0.4) is 0 Å². The molecule has 3 heterocycles. The van der Waals surface area contributed by atoms with Crippen LogP contribution in [0.2, 0.25) is 5.02 Å². The minimum Gasteiger partial charge on any atom is -0.367 e. The van der Waals surface area contributed by atoms with E-state index in [0.29, 0.717) is 6.61 Å². The summed E-state index contributed by atoms with van der Waals surface area (Å²) >= 11 is 6.13. The number of aryl methyl sites for hydroxylation is 1. The molecule has 0 amide bonds. The van der Waals surface area contributed by atoms with Gasteiger partial charge in [0.2, 0.25) is 0 Å². The lowest BCUT2D eigenvalue weighted by Gasteiger charge is -2.26. The van der Waals surface area contributed by atoms with E-state index in [1.54, 1.807) is 0 Å². The van der Waals surface area contributed by atoms with Crippen LogP contribution in [0.4, 0.5) is 0 Å². The van der Waals surface area contributed by atoms with Crippen molar-refractivity contribution in [3.8, 4) is 11.3 Å². The number of aromatic nitrogens is 4. The maximum absolute atomic E-state index is 6.13. The Kier molecular flexibility index (Phi) is 4.57. The van der Waals surface area contributed by atoms with Crippen molar-refractivity contribution in [1.29, 1.82) is 0 Å². The summed E-state index contributed by atoms with van der Waals surface area (Å²) in [7, 11) is 1.92. The van der Waals surface area contributed by atoms with Gasteiger partial charge in [-0.25, -0.2) is 4.98 Å². The molecule has 0 bridgehead atoms. The summed E-state index contributed by atoms with van der Waals surface area (Å²) in [4.78, 5) is 4.49. The fraction of sp³-hybridized carbons (Fsp3) is 0.333. The SMILES string of the molecule is Cn1cc(CNC[C@H]2Cn3c(-c4cccc(Cl)c4)cnc3CO2)cn1. The normalized spacial score (nSPS) is 16.8. The highest BCUT2D eigenvalue weighted by Gasteiger charge is 2.22. The first-order chi connectivity index (χ1) is 12.2.